The van der Waals surface area contributed by atoms with Crippen LogP contribution >= 0.6 is 15.9 Å². The second kappa shape index (κ2) is 8.44. The lowest BCUT2D eigenvalue weighted by Gasteiger charge is -2.13. The average Bonchev–Trinajstić information content (AvgIpc) is 2.99. The van der Waals surface area contributed by atoms with Crippen LogP contribution in [0.25, 0.3) is 11.8 Å². The molecule has 0 saturated carbocycles. The number of carbonyl (C=O) groups is 1. The van der Waals surface area contributed by atoms with Gasteiger partial charge in [0.1, 0.15) is 5.76 Å². The van der Waals surface area contributed by atoms with Crippen LogP contribution in [0.4, 0.5) is 0 Å². The molecule has 4 nitrogen and oxygen atoms in total. The van der Waals surface area contributed by atoms with Crippen LogP contribution in [0.15, 0.2) is 52.5 Å². The van der Waals surface area contributed by atoms with E-state index >= 15 is 0 Å². The highest BCUT2D eigenvalue weighted by Gasteiger charge is 2.22. The van der Waals surface area contributed by atoms with E-state index < -0.39 is 0 Å². The highest BCUT2D eigenvalue weighted by molar-refractivity contribution is 9.10. The number of halogens is 1. The van der Waals surface area contributed by atoms with Gasteiger partial charge >= 0.3 is 5.97 Å². The molecule has 0 atom stereocenters. The van der Waals surface area contributed by atoms with Crippen LogP contribution in [0, 0.1) is 6.92 Å². The van der Waals surface area contributed by atoms with E-state index in [2.05, 4.69) is 15.9 Å². The Kier molecular flexibility index (Phi) is 6.01. The number of hydrogen-bond acceptors (Lipinski definition) is 4. The van der Waals surface area contributed by atoms with Crippen molar-refractivity contribution < 1.29 is 19.0 Å². The summed E-state index contributed by atoms with van der Waals surface area (Å²) in [5.41, 5.74) is 3.34. The number of aryl methyl sites for hydroxylation is 1. The summed E-state index contributed by atoms with van der Waals surface area (Å²) >= 11 is 3.52. The Morgan fingerprint density at radius 1 is 1.07 bits per heavy atom. The number of benzene rings is 2. The van der Waals surface area contributed by atoms with E-state index in [1.54, 1.807) is 12.2 Å². The smallest absolute Gasteiger partial charge is 0.343 e. The Labute approximate surface area is 167 Å². The molecule has 0 N–H and O–H groups in total. The van der Waals surface area contributed by atoms with Crippen LogP contribution in [0.2, 0.25) is 0 Å². The van der Waals surface area contributed by atoms with E-state index in [9.17, 15) is 4.79 Å². The van der Waals surface area contributed by atoms with E-state index in [0.717, 1.165) is 21.2 Å². The van der Waals surface area contributed by atoms with Gasteiger partial charge in [-0.1, -0.05) is 29.8 Å². The van der Waals surface area contributed by atoms with Gasteiger partial charge in [-0.2, -0.15) is 0 Å². The minimum Gasteiger partial charge on any atom is -0.490 e. The predicted molar refractivity (Wildman–Crippen MR) is 110 cm³/mol. The molecule has 2 aromatic carbocycles. The summed E-state index contributed by atoms with van der Waals surface area (Å²) in [7, 11) is 0. The highest BCUT2D eigenvalue weighted by atomic mass is 79.9. The van der Waals surface area contributed by atoms with E-state index in [4.69, 9.17) is 14.2 Å². The van der Waals surface area contributed by atoms with E-state index in [1.807, 2.05) is 57.2 Å². The zero-order valence-electron chi connectivity index (χ0n) is 15.5. The number of esters is 1. The third kappa shape index (κ3) is 4.42. The summed E-state index contributed by atoms with van der Waals surface area (Å²) in [5, 5.41) is 0. The zero-order valence-corrected chi connectivity index (χ0v) is 17.1. The van der Waals surface area contributed by atoms with Gasteiger partial charge in [0.2, 0.25) is 0 Å². The molecule has 5 heteroatoms. The first-order chi connectivity index (χ1) is 13.0. The monoisotopic (exact) mass is 428 g/mol. The largest absolute Gasteiger partial charge is 0.490 e. The molecule has 140 valence electrons. The summed E-state index contributed by atoms with van der Waals surface area (Å²) in [6.07, 6.45) is 3.55. The SMILES string of the molecule is CCOc1cc(/C=C2\C=C(c3ccc(C)cc3)OC2=O)cc(Br)c1OCC. The van der Waals surface area contributed by atoms with Crippen molar-refractivity contribution in [2.75, 3.05) is 13.2 Å². The van der Waals surface area contributed by atoms with Crippen molar-refractivity contribution in [2.45, 2.75) is 20.8 Å². The molecule has 0 fully saturated rings. The van der Waals surface area contributed by atoms with E-state index in [-0.39, 0.29) is 5.97 Å². The predicted octanol–water partition coefficient (Wildman–Crippen LogP) is 5.54. The molecule has 27 heavy (non-hydrogen) atoms. The van der Waals surface area contributed by atoms with E-state index in [1.165, 1.54) is 0 Å². The molecule has 1 aliphatic heterocycles. The molecule has 0 unspecified atom stereocenters. The Balaban J connectivity index is 1.95. The van der Waals surface area contributed by atoms with Gasteiger partial charge in [-0.25, -0.2) is 4.79 Å². The first-order valence-corrected chi connectivity index (χ1v) is 9.62. The molecule has 0 aromatic heterocycles. The van der Waals surface area contributed by atoms with Crippen LogP contribution in [0.3, 0.4) is 0 Å². The fraction of sp³-hybridized carbons (Fsp3) is 0.227. The van der Waals surface area contributed by atoms with Crippen molar-refractivity contribution in [2.24, 2.45) is 0 Å². The van der Waals surface area contributed by atoms with Crippen molar-refractivity contribution in [3.05, 3.63) is 69.2 Å². The number of hydrogen-bond donors (Lipinski definition) is 0. The van der Waals surface area contributed by atoms with Gasteiger partial charge in [-0.05, 0) is 66.5 Å². The second-order valence-corrected chi connectivity index (χ2v) is 6.91. The first kappa shape index (κ1) is 19.2. The topological polar surface area (TPSA) is 44.8 Å². The number of ether oxygens (including phenoxy) is 3. The van der Waals surface area contributed by atoms with Crippen molar-refractivity contribution in [1.82, 2.24) is 0 Å². The quantitative estimate of drug-likeness (QED) is 0.447. The molecule has 0 radical (unpaired) electrons. The Hall–Kier alpha value is -2.53. The summed E-state index contributed by atoms with van der Waals surface area (Å²) in [6, 6.07) is 11.6. The Bertz CT molecular complexity index is 911. The zero-order chi connectivity index (χ0) is 19.4. The van der Waals surface area contributed by atoms with Crippen LogP contribution in [0.1, 0.15) is 30.5 Å². The fourth-order valence-corrected chi connectivity index (χ4v) is 3.32. The normalized spacial score (nSPS) is 14.9. The number of carbonyl (C=O) groups excluding carboxylic acids is 1. The molecule has 0 amide bonds. The van der Waals surface area contributed by atoms with Gasteiger partial charge in [0, 0.05) is 5.56 Å². The van der Waals surface area contributed by atoms with Crippen LogP contribution < -0.4 is 9.47 Å². The molecule has 3 rings (SSSR count). The van der Waals surface area contributed by atoms with Crippen molar-refractivity contribution in [3.8, 4) is 11.5 Å². The molecule has 0 spiro atoms. The second-order valence-electron chi connectivity index (χ2n) is 6.06. The molecular weight excluding hydrogens is 408 g/mol. The molecule has 1 aliphatic rings. The summed E-state index contributed by atoms with van der Waals surface area (Å²) in [5.74, 6) is 1.48. The summed E-state index contributed by atoms with van der Waals surface area (Å²) in [4.78, 5) is 12.3. The maximum absolute atomic E-state index is 12.3. The first-order valence-electron chi connectivity index (χ1n) is 8.83. The van der Waals surface area contributed by atoms with Gasteiger partial charge in [-0.15, -0.1) is 0 Å². The lowest BCUT2D eigenvalue weighted by molar-refractivity contribution is -0.130. The lowest BCUT2D eigenvalue weighted by atomic mass is 10.1. The third-order valence-corrected chi connectivity index (χ3v) is 4.59. The van der Waals surface area contributed by atoms with Gasteiger partial charge < -0.3 is 14.2 Å². The van der Waals surface area contributed by atoms with Crippen LogP contribution in [0.5, 0.6) is 11.5 Å². The molecular formula is C22H21BrO4. The average molecular weight is 429 g/mol. The molecule has 0 saturated heterocycles. The van der Waals surface area contributed by atoms with Gasteiger partial charge in [0.25, 0.3) is 0 Å². The van der Waals surface area contributed by atoms with Gasteiger partial charge in [0.15, 0.2) is 11.5 Å². The van der Waals surface area contributed by atoms with Crippen molar-refractivity contribution in [1.29, 1.82) is 0 Å². The number of rotatable bonds is 6. The Morgan fingerprint density at radius 2 is 1.78 bits per heavy atom. The highest BCUT2D eigenvalue weighted by Crippen LogP contribution is 2.38. The van der Waals surface area contributed by atoms with Crippen molar-refractivity contribution in [3.63, 3.8) is 0 Å². The molecule has 1 heterocycles. The van der Waals surface area contributed by atoms with E-state index in [0.29, 0.717) is 36.0 Å². The fourth-order valence-electron chi connectivity index (χ4n) is 2.75. The van der Waals surface area contributed by atoms with Crippen molar-refractivity contribution >= 4 is 33.7 Å². The Morgan fingerprint density at radius 3 is 2.44 bits per heavy atom. The minimum absolute atomic E-state index is 0.367. The lowest BCUT2D eigenvalue weighted by Crippen LogP contribution is -2.00. The third-order valence-electron chi connectivity index (χ3n) is 4.00. The number of cyclic esters (lactones) is 1. The minimum atomic E-state index is -0.367. The molecule has 0 aliphatic carbocycles. The summed E-state index contributed by atoms with van der Waals surface area (Å²) in [6.45, 7) is 6.91. The molecule has 2 aromatic rings. The maximum atomic E-state index is 12.3. The van der Waals surface area contributed by atoms with Gasteiger partial charge in [-0.3, -0.25) is 0 Å². The van der Waals surface area contributed by atoms with Crippen LogP contribution in [-0.2, 0) is 9.53 Å². The molecule has 0 bridgehead atoms. The standard InChI is InChI=1S/C22H21BrO4/c1-4-25-20-12-15(11-18(23)21(20)26-5-2)10-17-13-19(27-22(17)24)16-8-6-14(3)7-9-16/h6-13H,4-5H2,1-3H3/b17-10+. The summed E-state index contributed by atoms with van der Waals surface area (Å²) < 4.78 is 17.5. The van der Waals surface area contributed by atoms with Gasteiger partial charge in [0.05, 0.1) is 23.3 Å². The van der Waals surface area contributed by atoms with Crippen LogP contribution in [-0.4, -0.2) is 19.2 Å². The maximum Gasteiger partial charge on any atom is 0.343 e.